The first-order valence-electron chi connectivity index (χ1n) is 10.8. The van der Waals surface area contributed by atoms with E-state index in [0.717, 1.165) is 29.5 Å². The van der Waals surface area contributed by atoms with E-state index in [0.29, 0.717) is 13.2 Å². The van der Waals surface area contributed by atoms with Gasteiger partial charge < -0.3 is 10.0 Å². The average molecular weight is 430 g/mol. The lowest BCUT2D eigenvalue weighted by Gasteiger charge is -2.44. The lowest BCUT2D eigenvalue weighted by atomic mass is 9.93. The van der Waals surface area contributed by atoms with Crippen LogP contribution >= 0.6 is 0 Å². The Morgan fingerprint density at radius 3 is 2.50 bits per heavy atom. The van der Waals surface area contributed by atoms with E-state index in [1.54, 1.807) is 15.8 Å². The number of pyridine rings is 1. The van der Waals surface area contributed by atoms with Crippen LogP contribution in [0.5, 0.6) is 5.75 Å². The molecule has 6 heteroatoms. The molecule has 1 atom stereocenters. The monoisotopic (exact) mass is 429 g/mol. The summed E-state index contributed by atoms with van der Waals surface area (Å²) in [6.07, 6.45) is 5.15. The highest BCUT2D eigenvalue weighted by Gasteiger charge is 2.36. The Morgan fingerprint density at radius 1 is 1.06 bits per heavy atom. The summed E-state index contributed by atoms with van der Waals surface area (Å²) in [5, 5.41) is 12.6. The minimum absolute atomic E-state index is 0.00290. The van der Waals surface area contributed by atoms with Gasteiger partial charge >= 0.3 is 0 Å². The molecule has 1 N–H and O–H groups in total. The van der Waals surface area contributed by atoms with Gasteiger partial charge in [0.15, 0.2) is 11.4 Å². The van der Waals surface area contributed by atoms with Gasteiger partial charge in [-0.25, -0.2) is 0 Å². The molecule has 0 saturated heterocycles. The number of amides is 1. The number of carbonyl (C=O) groups is 1. The van der Waals surface area contributed by atoms with Crippen LogP contribution in [0.4, 0.5) is 0 Å². The van der Waals surface area contributed by atoms with Crippen LogP contribution in [0.3, 0.4) is 0 Å². The minimum atomic E-state index is -0.565. The topological polar surface area (TPSA) is 65.8 Å². The normalized spacial score (nSPS) is 14.2. The number of aromatic nitrogens is 1. The Kier molecular flexibility index (Phi) is 6.12. The fourth-order valence-corrected chi connectivity index (χ4v) is 4.21. The number of hydrogen-bond acceptors (Lipinski definition) is 4. The number of carbonyl (C=O) groups excluding carboxylic acids is 1. The molecular formula is C26H27N3O3. The van der Waals surface area contributed by atoms with E-state index in [1.807, 2.05) is 65.7 Å². The SMILES string of the molecule is C=Cc1ccccc1[C@H](c1ccccc1)N1CN(CCCC)C(=O)c2c(O)c(=O)ccn21. The highest BCUT2D eigenvalue weighted by Crippen LogP contribution is 2.34. The van der Waals surface area contributed by atoms with E-state index >= 15 is 0 Å². The molecule has 0 fully saturated rings. The maximum Gasteiger partial charge on any atom is 0.277 e. The summed E-state index contributed by atoms with van der Waals surface area (Å²) in [4.78, 5) is 27.1. The predicted molar refractivity (Wildman–Crippen MR) is 126 cm³/mol. The molecule has 0 radical (unpaired) electrons. The number of unbranched alkanes of at least 4 members (excludes halogenated alkanes) is 1. The van der Waals surface area contributed by atoms with Gasteiger partial charge in [-0.05, 0) is 23.1 Å². The second-order valence-electron chi connectivity index (χ2n) is 7.87. The van der Waals surface area contributed by atoms with Crippen molar-refractivity contribution >= 4 is 12.0 Å². The Morgan fingerprint density at radius 2 is 1.78 bits per heavy atom. The highest BCUT2D eigenvalue weighted by atomic mass is 16.3. The van der Waals surface area contributed by atoms with Gasteiger partial charge in [-0.2, -0.15) is 0 Å². The number of hydrogen-bond donors (Lipinski definition) is 1. The van der Waals surface area contributed by atoms with Crippen molar-refractivity contribution in [2.45, 2.75) is 25.8 Å². The standard InChI is InChI=1S/C26H27N3O3/c1-3-5-16-27-18-29(28-17-15-22(30)25(31)24(28)26(27)32)23(20-12-7-6-8-13-20)21-14-10-9-11-19(21)4-2/h4,6-15,17,23,31H,2-3,5,16,18H2,1H3/t23-/m0/s1. The molecule has 3 aromatic rings. The predicted octanol–water partition coefficient (Wildman–Crippen LogP) is 4.14. The largest absolute Gasteiger partial charge is 0.502 e. The lowest BCUT2D eigenvalue weighted by Crippen LogP contribution is -2.55. The first-order valence-corrected chi connectivity index (χ1v) is 10.8. The molecule has 1 aliphatic rings. The highest BCUT2D eigenvalue weighted by molar-refractivity contribution is 5.96. The lowest BCUT2D eigenvalue weighted by molar-refractivity contribution is 0.0677. The molecule has 1 aliphatic heterocycles. The maximum absolute atomic E-state index is 13.2. The van der Waals surface area contributed by atoms with Gasteiger partial charge in [-0.3, -0.25) is 19.3 Å². The zero-order chi connectivity index (χ0) is 22.7. The van der Waals surface area contributed by atoms with Crippen LogP contribution in [0.25, 0.3) is 6.08 Å². The minimum Gasteiger partial charge on any atom is -0.502 e. The molecule has 4 rings (SSSR count). The number of rotatable bonds is 7. The quantitative estimate of drug-likeness (QED) is 0.613. The molecular weight excluding hydrogens is 402 g/mol. The third kappa shape index (κ3) is 3.80. The maximum atomic E-state index is 13.2. The molecule has 0 aliphatic carbocycles. The van der Waals surface area contributed by atoms with Crippen molar-refractivity contribution in [1.82, 2.24) is 9.58 Å². The summed E-state index contributed by atoms with van der Waals surface area (Å²) in [5.74, 6) is -0.860. The Labute approximate surface area is 187 Å². The molecule has 0 spiro atoms. The van der Waals surface area contributed by atoms with Crippen LogP contribution in [0.2, 0.25) is 0 Å². The van der Waals surface area contributed by atoms with E-state index < -0.39 is 11.2 Å². The molecule has 2 heterocycles. The summed E-state index contributed by atoms with van der Waals surface area (Å²) in [6.45, 7) is 6.90. The molecule has 0 bridgehead atoms. The first kappa shape index (κ1) is 21.4. The van der Waals surface area contributed by atoms with Crippen molar-refractivity contribution in [2.24, 2.45) is 0 Å². The van der Waals surface area contributed by atoms with E-state index in [2.05, 4.69) is 13.5 Å². The summed E-state index contributed by atoms with van der Waals surface area (Å²) in [5.41, 5.74) is 2.45. The van der Waals surface area contributed by atoms with Gasteiger partial charge in [-0.15, -0.1) is 0 Å². The summed E-state index contributed by atoms with van der Waals surface area (Å²) >= 11 is 0. The number of aromatic hydroxyl groups is 1. The van der Waals surface area contributed by atoms with Crippen LogP contribution in [0, 0.1) is 0 Å². The van der Waals surface area contributed by atoms with E-state index in [9.17, 15) is 14.7 Å². The fraction of sp³-hybridized carbons (Fsp3) is 0.231. The number of benzene rings is 2. The van der Waals surface area contributed by atoms with Crippen LogP contribution in [0.1, 0.15) is 53.0 Å². The first-order chi connectivity index (χ1) is 15.6. The van der Waals surface area contributed by atoms with E-state index in [-0.39, 0.29) is 17.6 Å². The number of nitrogens with zero attached hydrogens (tertiary/aromatic N) is 3. The molecule has 1 aromatic heterocycles. The zero-order valence-electron chi connectivity index (χ0n) is 18.1. The van der Waals surface area contributed by atoms with Gasteiger partial charge in [0.05, 0.1) is 6.04 Å². The second kappa shape index (κ2) is 9.14. The second-order valence-corrected chi connectivity index (χ2v) is 7.87. The Balaban J connectivity index is 1.95. The van der Waals surface area contributed by atoms with Crippen LogP contribution in [-0.2, 0) is 0 Å². The molecule has 2 aromatic carbocycles. The van der Waals surface area contributed by atoms with Crippen molar-refractivity contribution in [3.05, 3.63) is 106 Å². The number of fused-ring (bicyclic) bond motifs is 1. The Bertz CT molecular complexity index is 1190. The van der Waals surface area contributed by atoms with Gasteiger partial charge in [0, 0.05) is 18.8 Å². The van der Waals surface area contributed by atoms with Crippen molar-refractivity contribution in [1.29, 1.82) is 0 Å². The van der Waals surface area contributed by atoms with Crippen LogP contribution < -0.4 is 10.4 Å². The molecule has 0 saturated carbocycles. The molecule has 6 nitrogen and oxygen atoms in total. The fourth-order valence-electron chi connectivity index (χ4n) is 4.21. The van der Waals surface area contributed by atoms with Crippen LogP contribution in [-0.4, -0.2) is 33.8 Å². The van der Waals surface area contributed by atoms with Crippen LogP contribution in [0.15, 0.2) is 78.2 Å². The molecule has 164 valence electrons. The van der Waals surface area contributed by atoms with Gasteiger partial charge in [-0.1, -0.05) is 80.6 Å². The molecule has 0 unspecified atom stereocenters. The smallest absolute Gasteiger partial charge is 0.277 e. The summed E-state index contributed by atoms with van der Waals surface area (Å²) in [7, 11) is 0. The summed E-state index contributed by atoms with van der Waals surface area (Å²) < 4.78 is 1.62. The van der Waals surface area contributed by atoms with Gasteiger partial charge in [0.1, 0.15) is 6.67 Å². The van der Waals surface area contributed by atoms with E-state index in [1.165, 1.54) is 6.07 Å². The van der Waals surface area contributed by atoms with Crippen molar-refractivity contribution in [3.63, 3.8) is 0 Å². The van der Waals surface area contributed by atoms with Gasteiger partial charge in [0.2, 0.25) is 5.43 Å². The van der Waals surface area contributed by atoms with Crippen molar-refractivity contribution in [3.8, 4) is 5.75 Å². The third-order valence-electron chi connectivity index (χ3n) is 5.84. The Hall–Kier alpha value is -3.80. The average Bonchev–Trinajstić information content (AvgIpc) is 2.83. The summed E-state index contributed by atoms with van der Waals surface area (Å²) in [6, 6.07) is 19.0. The third-order valence-corrected chi connectivity index (χ3v) is 5.84. The zero-order valence-corrected chi connectivity index (χ0v) is 18.1. The van der Waals surface area contributed by atoms with Crippen molar-refractivity contribution < 1.29 is 9.90 Å². The van der Waals surface area contributed by atoms with E-state index in [4.69, 9.17) is 0 Å². The molecule has 32 heavy (non-hydrogen) atoms. The molecule has 1 amide bonds. The van der Waals surface area contributed by atoms with Gasteiger partial charge in [0.25, 0.3) is 5.91 Å². The van der Waals surface area contributed by atoms with Crippen molar-refractivity contribution in [2.75, 3.05) is 18.2 Å².